The van der Waals surface area contributed by atoms with Gasteiger partial charge in [-0.15, -0.1) is 0 Å². The molecule has 0 bridgehead atoms. The van der Waals surface area contributed by atoms with Crippen molar-refractivity contribution in [2.75, 3.05) is 13.1 Å². The van der Waals surface area contributed by atoms with Crippen LogP contribution in [0.3, 0.4) is 0 Å². The van der Waals surface area contributed by atoms with Gasteiger partial charge < -0.3 is 5.11 Å². The Labute approximate surface area is 173 Å². The van der Waals surface area contributed by atoms with E-state index in [0.717, 1.165) is 6.07 Å². The first-order chi connectivity index (χ1) is 14.4. The first-order valence-corrected chi connectivity index (χ1v) is 10.3. The molecule has 1 fully saturated rings. The number of hydrogen-bond acceptors (Lipinski definition) is 4. The summed E-state index contributed by atoms with van der Waals surface area (Å²) in [6, 6.07) is 11.4. The lowest BCUT2D eigenvalue weighted by molar-refractivity contribution is -0.0371. The van der Waals surface area contributed by atoms with Crippen LogP contribution in [0.5, 0.6) is 0 Å². The Morgan fingerprint density at radius 3 is 2.57 bits per heavy atom. The monoisotopic (exact) mass is 413 g/mol. The van der Waals surface area contributed by atoms with Gasteiger partial charge in [-0.05, 0) is 31.0 Å². The number of aryl methyl sites for hydroxylation is 1. The summed E-state index contributed by atoms with van der Waals surface area (Å²) >= 11 is 0. The van der Waals surface area contributed by atoms with Crippen LogP contribution in [0.1, 0.15) is 31.2 Å². The van der Waals surface area contributed by atoms with Crippen LogP contribution < -0.4 is 5.56 Å². The second kappa shape index (κ2) is 8.24. The van der Waals surface area contributed by atoms with Gasteiger partial charge in [-0.3, -0.25) is 14.3 Å². The topological polar surface area (TPSA) is 58.4 Å². The molecule has 1 aromatic heterocycles. The van der Waals surface area contributed by atoms with Crippen LogP contribution in [0.4, 0.5) is 8.78 Å². The number of nitrogens with zero attached hydrogens (tertiary/aromatic N) is 3. The molecule has 7 heteroatoms. The van der Waals surface area contributed by atoms with E-state index in [2.05, 4.69) is 4.98 Å². The van der Waals surface area contributed by atoms with Crippen molar-refractivity contribution >= 4 is 10.9 Å². The molecule has 0 amide bonds. The van der Waals surface area contributed by atoms with Crippen LogP contribution in [0.15, 0.2) is 47.3 Å². The van der Waals surface area contributed by atoms with E-state index in [4.69, 9.17) is 0 Å². The molecule has 0 atom stereocenters. The smallest absolute Gasteiger partial charge is 0.261 e. The summed E-state index contributed by atoms with van der Waals surface area (Å²) < 4.78 is 29.0. The molecule has 1 aliphatic rings. The summed E-state index contributed by atoms with van der Waals surface area (Å²) in [6.45, 7) is 3.47. The van der Waals surface area contributed by atoms with Crippen molar-refractivity contribution in [2.24, 2.45) is 0 Å². The second-order valence-electron chi connectivity index (χ2n) is 8.00. The molecule has 1 N–H and O–H groups in total. The van der Waals surface area contributed by atoms with Crippen LogP contribution in [0.2, 0.25) is 0 Å². The Hall–Kier alpha value is -2.64. The maximum Gasteiger partial charge on any atom is 0.261 e. The molecular formula is C23H25F2N3O2. The number of aliphatic hydroxyl groups is 1. The number of hydrogen-bond donors (Lipinski definition) is 1. The van der Waals surface area contributed by atoms with Crippen molar-refractivity contribution in [3.8, 4) is 0 Å². The predicted molar refractivity (Wildman–Crippen MR) is 111 cm³/mol. The van der Waals surface area contributed by atoms with Crippen LogP contribution in [0.25, 0.3) is 10.9 Å². The fourth-order valence-corrected chi connectivity index (χ4v) is 4.14. The van der Waals surface area contributed by atoms with Gasteiger partial charge in [0.25, 0.3) is 5.56 Å². The number of piperidine rings is 1. The van der Waals surface area contributed by atoms with Crippen molar-refractivity contribution in [1.82, 2.24) is 14.5 Å². The van der Waals surface area contributed by atoms with Crippen molar-refractivity contribution in [2.45, 2.75) is 44.9 Å². The third kappa shape index (κ3) is 4.00. The highest BCUT2D eigenvalue weighted by Crippen LogP contribution is 2.26. The molecular weight excluding hydrogens is 388 g/mol. The molecule has 1 aliphatic heterocycles. The van der Waals surface area contributed by atoms with Gasteiger partial charge in [0.05, 0.1) is 23.0 Å². The van der Waals surface area contributed by atoms with E-state index in [-0.39, 0.29) is 18.6 Å². The van der Waals surface area contributed by atoms with E-state index in [0.29, 0.717) is 54.6 Å². The van der Waals surface area contributed by atoms with Gasteiger partial charge in [-0.1, -0.05) is 31.2 Å². The minimum atomic E-state index is -1.05. The minimum Gasteiger partial charge on any atom is -0.388 e. The number of rotatable bonds is 5. The Kier molecular flexibility index (Phi) is 5.66. The lowest BCUT2D eigenvalue weighted by Crippen LogP contribution is -2.48. The van der Waals surface area contributed by atoms with E-state index < -0.39 is 17.2 Å². The fraction of sp³-hybridized carbons (Fsp3) is 0.391. The van der Waals surface area contributed by atoms with Gasteiger partial charge in [0.2, 0.25) is 0 Å². The van der Waals surface area contributed by atoms with Crippen molar-refractivity contribution < 1.29 is 13.9 Å². The third-order valence-corrected chi connectivity index (χ3v) is 5.92. The Balaban J connectivity index is 1.51. The molecule has 0 radical (unpaired) electrons. The van der Waals surface area contributed by atoms with Crippen molar-refractivity contribution in [1.29, 1.82) is 0 Å². The third-order valence-electron chi connectivity index (χ3n) is 5.92. The molecule has 4 rings (SSSR count). The summed E-state index contributed by atoms with van der Waals surface area (Å²) in [5.41, 5.74) is -0.220. The summed E-state index contributed by atoms with van der Waals surface area (Å²) in [5.74, 6) is -1.02. The van der Waals surface area contributed by atoms with Crippen LogP contribution in [0, 0.1) is 11.6 Å². The van der Waals surface area contributed by atoms with Crippen LogP contribution in [-0.4, -0.2) is 38.2 Å². The highest BCUT2D eigenvalue weighted by molar-refractivity contribution is 5.77. The number of likely N-dealkylation sites (tertiary alicyclic amines) is 1. The summed E-state index contributed by atoms with van der Waals surface area (Å²) in [7, 11) is 0. The minimum absolute atomic E-state index is 0.143. The van der Waals surface area contributed by atoms with Gasteiger partial charge in [0, 0.05) is 31.6 Å². The zero-order chi connectivity index (χ0) is 21.3. The lowest BCUT2D eigenvalue weighted by Gasteiger charge is -2.38. The normalized spacial score (nSPS) is 16.8. The predicted octanol–water partition coefficient (Wildman–Crippen LogP) is 3.26. The highest BCUT2D eigenvalue weighted by atomic mass is 19.2. The van der Waals surface area contributed by atoms with Gasteiger partial charge in [0.1, 0.15) is 5.82 Å². The standard InChI is InChI=1S/C23H25F2N3O2/c1-2-20-26-19-9-4-3-7-17(19)22(29)28(20)15-23(30)10-12-27(13-11-23)14-16-6-5-8-18(24)21(16)25/h3-9,30H,2,10-15H2,1H3. The molecule has 2 aromatic carbocycles. The van der Waals surface area contributed by atoms with Gasteiger partial charge in [0.15, 0.2) is 11.6 Å². The molecule has 0 saturated carbocycles. The number of para-hydroxylation sites is 1. The molecule has 3 aromatic rings. The summed E-state index contributed by atoms with van der Waals surface area (Å²) in [4.78, 5) is 19.6. The maximum atomic E-state index is 14.0. The largest absolute Gasteiger partial charge is 0.388 e. The quantitative estimate of drug-likeness (QED) is 0.698. The van der Waals surface area contributed by atoms with E-state index in [1.54, 1.807) is 22.8 Å². The van der Waals surface area contributed by atoms with Crippen molar-refractivity contribution in [3.63, 3.8) is 0 Å². The Morgan fingerprint density at radius 1 is 1.10 bits per heavy atom. The fourth-order valence-electron chi connectivity index (χ4n) is 4.14. The number of benzene rings is 2. The maximum absolute atomic E-state index is 14.0. The Morgan fingerprint density at radius 2 is 1.83 bits per heavy atom. The second-order valence-corrected chi connectivity index (χ2v) is 8.00. The Bertz CT molecular complexity index is 1120. The molecule has 0 unspecified atom stereocenters. The van der Waals surface area contributed by atoms with Crippen LogP contribution in [-0.2, 0) is 19.5 Å². The zero-order valence-corrected chi connectivity index (χ0v) is 16.9. The molecule has 1 saturated heterocycles. The van der Waals surface area contributed by atoms with Gasteiger partial charge in [-0.25, -0.2) is 13.8 Å². The molecule has 2 heterocycles. The average molecular weight is 413 g/mol. The average Bonchev–Trinajstić information content (AvgIpc) is 2.75. The molecule has 5 nitrogen and oxygen atoms in total. The van der Waals surface area contributed by atoms with E-state index in [1.165, 1.54) is 6.07 Å². The van der Waals surface area contributed by atoms with E-state index in [9.17, 15) is 18.7 Å². The van der Waals surface area contributed by atoms with Crippen molar-refractivity contribution in [3.05, 3.63) is 75.8 Å². The van der Waals surface area contributed by atoms with E-state index in [1.807, 2.05) is 24.0 Å². The first-order valence-electron chi connectivity index (χ1n) is 10.3. The number of halogens is 2. The zero-order valence-electron chi connectivity index (χ0n) is 16.9. The first kappa shape index (κ1) is 20.6. The molecule has 30 heavy (non-hydrogen) atoms. The molecule has 0 spiro atoms. The van der Waals surface area contributed by atoms with Gasteiger partial charge in [-0.2, -0.15) is 0 Å². The highest BCUT2D eigenvalue weighted by Gasteiger charge is 2.34. The SMILES string of the molecule is CCc1nc2ccccc2c(=O)n1CC1(O)CCN(Cc2cccc(F)c2F)CC1. The summed E-state index contributed by atoms with van der Waals surface area (Å²) in [6.07, 6.45) is 1.46. The number of fused-ring (bicyclic) bond motifs is 1. The van der Waals surface area contributed by atoms with E-state index >= 15 is 0 Å². The number of aromatic nitrogens is 2. The molecule has 0 aliphatic carbocycles. The summed E-state index contributed by atoms with van der Waals surface area (Å²) in [5, 5.41) is 11.7. The van der Waals surface area contributed by atoms with Gasteiger partial charge >= 0.3 is 0 Å². The lowest BCUT2D eigenvalue weighted by atomic mass is 9.90. The molecule has 158 valence electrons. The van der Waals surface area contributed by atoms with Crippen LogP contribution >= 0.6 is 0 Å².